The van der Waals surface area contributed by atoms with Crippen molar-refractivity contribution in [1.29, 1.82) is 0 Å². The van der Waals surface area contributed by atoms with Crippen LogP contribution >= 0.6 is 17.0 Å². The molecule has 0 saturated carbocycles. The minimum absolute atomic E-state index is 0. The molecule has 3 nitrogen and oxygen atoms in total. The van der Waals surface area contributed by atoms with Gasteiger partial charge in [-0.3, -0.25) is 4.98 Å². The quantitative estimate of drug-likeness (QED) is 0.252. The minimum Gasteiger partial charge on any atom is -0.363 e. The van der Waals surface area contributed by atoms with Crippen molar-refractivity contribution in [2.75, 3.05) is 19.7 Å². The van der Waals surface area contributed by atoms with Crippen LogP contribution < -0.4 is 0 Å². The maximum Gasteiger partial charge on any atom is 0.135 e. The first kappa shape index (κ1) is 23.9. The van der Waals surface area contributed by atoms with Crippen molar-refractivity contribution in [2.45, 2.75) is 31.5 Å². The van der Waals surface area contributed by atoms with E-state index < -0.39 is 0 Å². The van der Waals surface area contributed by atoms with E-state index in [4.69, 9.17) is 4.74 Å². The highest BCUT2D eigenvalue weighted by Crippen LogP contribution is 2.49. The molecular weight excluding hydrogens is 472 g/mol. The number of nitrogens with zero attached hydrogens (tertiary/aromatic N) is 2. The third-order valence-electron chi connectivity index (χ3n) is 7.75. The molecule has 0 spiro atoms. The monoisotopic (exact) mass is 505 g/mol. The van der Waals surface area contributed by atoms with Gasteiger partial charge >= 0.3 is 0 Å². The molecule has 0 aliphatic carbocycles. The number of hydrogen-bond acceptors (Lipinski definition) is 2. The van der Waals surface area contributed by atoms with Gasteiger partial charge in [-0.2, -0.15) is 0 Å². The van der Waals surface area contributed by atoms with Crippen molar-refractivity contribution >= 4 is 27.9 Å². The van der Waals surface area contributed by atoms with Gasteiger partial charge in [0.15, 0.2) is 0 Å². The zero-order valence-electron chi connectivity index (χ0n) is 19.2. The highest BCUT2D eigenvalue weighted by molar-refractivity contribution is 8.93. The number of aromatic nitrogens is 1. The fourth-order valence-electron chi connectivity index (χ4n) is 6.26. The topological polar surface area (TPSA) is 22.1 Å². The molecule has 172 valence electrons. The van der Waals surface area contributed by atoms with Crippen LogP contribution in [0.2, 0.25) is 0 Å². The Balaban J connectivity index is 0.00000259. The molecule has 6 rings (SSSR count). The number of para-hydroxylation sites is 1. The van der Waals surface area contributed by atoms with Crippen molar-refractivity contribution in [1.82, 2.24) is 4.98 Å². The maximum atomic E-state index is 6.62. The first-order valence-electron chi connectivity index (χ1n) is 11.8. The number of rotatable bonds is 8. The molecule has 2 aromatic carbocycles. The highest BCUT2D eigenvalue weighted by Gasteiger charge is 2.54. The maximum absolute atomic E-state index is 6.62. The van der Waals surface area contributed by atoms with Crippen LogP contribution in [0.4, 0.5) is 0 Å². The van der Waals surface area contributed by atoms with Crippen molar-refractivity contribution in [3.8, 4) is 0 Å². The van der Waals surface area contributed by atoms with Crippen LogP contribution in [0.25, 0.3) is 10.9 Å². The molecule has 3 aliphatic rings. The Morgan fingerprint density at radius 2 is 1.85 bits per heavy atom. The number of hydrogen-bond donors (Lipinski definition) is 0. The van der Waals surface area contributed by atoms with E-state index in [1.807, 2.05) is 12.3 Å². The third kappa shape index (κ3) is 4.57. The van der Waals surface area contributed by atoms with Gasteiger partial charge < -0.3 is 9.22 Å². The molecule has 5 atom stereocenters. The normalized spacial score (nSPS) is 27.0. The zero-order chi connectivity index (χ0) is 22.0. The summed E-state index contributed by atoms with van der Waals surface area (Å²) >= 11 is 0. The summed E-state index contributed by atoms with van der Waals surface area (Å²) in [6, 6.07) is 22.0. The van der Waals surface area contributed by atoms with Crippen LogP contribution in [-0.2, 0) is 11.3 Å². The van der Waals surface area contributed by atoms with Crippen molar-refractivity contribution in [3.63, 3.8) is 0 Å². The van der Waals surface area contributed by atoms with E-state index in [9.17, 15) is 0 Å². The fourth-order valence-corrected chi connectivity index (χ4v) is 6.26. The second-order valence-corrected chi connectivity index (χ2v) is 9.48. The summed E-state index contributed by atoms with van der Waals surface area (Å²) in [5, 5.41) is 1.20. The van der Waals surface area contributed by atoms with Crippen molar-refractivity contribution < 1.29 is 9.22 Å². The van der Waals surface area contributed by atoms with Crippen molar-refractivity contribution in [3.05, 3.63) is 103 Å². The van der Waals surface area contributed by atoms with Gasteiger partial charge in [0.25, 0.3) is 0 Å². The Kier molecular flexibility index (Phi) is 7.48. The lowest BCUT2D eigenvalue weighted by Crippen LogP contribution is -2.67. The Bertz CT molecular complexity index is 1100. The molecule has 33 heavy (non-hydrogen) atoms. The van der Waals surface area contributed by atoms with Gasteiger partial charge in [-0.05, 0) is 23.6 Å². The van der Waals surface area contributed by atoms with Gasteiger partial charge in [0.05, 0.1) is 25.2 Å². The third-order valence-corrected chi connectivity index (χ3v) is 7.75. The van der Waals surface area contributed by atoms with Crippen LogP contribution in [0.5, 0.6) is 0 Å². The van der Waals surface area contributed by atoms with E-state index in [0.717, 1.165) is 23.1 Å². The molecule has 1 aromatic heterocycles. The number of benzene rings is 2. The van der Waals surface area contributed by atoms with Crippen LogP contribution in [-0.4, -0.2) is 35.2 Å². The molecule has 4 heterocycles. The lowest BCUT2D eigenvalue weighted by atomic mass is 9.71. The van der Waals surface area contributed by atoms with Crippen LogP contribution in [0.3, 0.4) is 0 Å². The summed E-state index contributed by atoms with van der Waals surface area (Å²) in [4.78, 5) is 4.61. The number of ether oxygens (including phenoxy) is 1. The summed E-state index contributed by atoms with van der Waals surface area (Å²) in [7, 11) is 0. The standard InChI is InChI=1S/C29H33N2O.BrH/c1-3-18-32-29(26-14-16-30-27-13-9-8-12-25(26)27)28-19-24-15-17-31(28,21-23(24)4-2)20-22-10-6-5-7-11-22;/h3-14,16,23-24,28-29H,1-2,15,17-21H2;1H/q+1;/t23-,24-,28-,29+,31?;/m0./s1. The molecule has 4 heteroatoms. The molecule has 3 saturated heterocycles. The summed E-state index contributed by atoms with van der Waals surface area (Å²) in [5.41, 5.74) is 3.70. The lowest BCUT2D eigenvalue weighted by Gasteiger charge is -2.58. The molecule has 3 aliphatic heterocycles. The average Bonchev–Trinajstić information content (AvgIpc) is 2.85. The number of fused-ring (bicyclic) bond motifs is 4. The van der Waals surface area contributed by atoms with Crippen LogP contribution in [0, 0.1) is 11.8 Å². The predicted octanol–water partition coefficient (Wildman–Crippen LogP) is 6.67. The van der Waals surface area contributed by atoms with Gasteiger partial charge in [0, 0.05) is 35.9 Å². The van der Waals surface area contributed by atoms with Crippen molar-refractivity contribution in [2.24, 2.45) is 11.8 Å². The number of piperidine rings is 3. The lowest BCUT2D eigenvalue weighted by molar-refractivity contribution is -0.985. The highest BCUT2D eigenvalue weighted by atomic mass is 79.9. The van der Waals surface area contributed by atoms with Gasteiger partial charge in [0.1, 0.15) is 18.7 Å². The second kappa shape index (κ2) is 10.3. The fraction of sp³-hybridized carbons (Fsp3) is 0.345. The molecule has 0 amide bonds. The zero-order valence-corrected chi connectivity index (χ0v) is 20.9. The Hall–Kier alpha value is -2.27. The van der Waals surface area contributed by atoms with Gasteiger partial charge in [0.2, 0.25) is 0 Å². The molecule has 3 fully saturated rings. The van der Waals surface area contributed by atoms with E-state index in [0.29, 0.717) is 24.5 Å². The molecule has 3 aromatic rings. The molecular formula is C29H34BrN2O+. The summed E-state index contributed by atoms with van der Waals surface area (Å²) in [6.45, 7) is 12.1. The van der Waals surface area contributed by atoms with Crippen LogP contribution in [0.1, 0.15) is 30.1 Å². The van der Waals surface area contributed by atoms with Crippen LogP contribution in [0.15, 0.2) is 92.2 Å². The average molecular weight is 507 g/mol. The second-order valence-electron chi connectivity index (χ2n) is 9.48. The Morgan fingerprint density at radius 1 is 1.06 bits per heavy atom. The smallest absolute Gasteiger partial charge is 0.135 e. The van der Waals surface area contributed by atoms with E-state index in [1.165, 1.54) is 35.9 Å². The number of pyridine rings is 1. The first-order chi connectivity index (χ1) is 15.7. The van der Waals surface area contributed by atoms with E-state index in [-0.39, 0.29) is 23.1 Å². The van der Waals surface area contributed by atoms with Gasteiger partial charge in [-0.1, -0.05) is 60.7 Å². The summed E-state index contributed by atoms with van der Waals surface area (Å²) in [5.74, 6) is 1.27. The first-order valence-corrected chi connectivity index (χ1v) is 11.8. The molecule has 2 bridgehead atoms. The molecule has 0 radical (unpaired) electrons. The SMILES string of the molecule is Br.C=CCO[C@H](c1ccnc2ccccc12)[C@@H]1C[C@@H]2CC[N+]1(Cc1ccccc1)C[C@@H]2C=C. The largest absolute Gasteiger partial charge is 0.363 e. The number of halogens is 1. The van der Waals surface area contributed by atoms with E-state index in [2.05, 4.69) is 84.9 Å². The Labute approximate surface area is 208 Å². The predicted molar refractivity (Wildman–Crippen MR) is 141 cm³/mol. The van der Waals surface area contributed by atoms with Gasteiger partial charge in [-0.15, -0.1) is 30.1 Å². The molecule has 0 N–H and O–H groups in total. The summed E-state index contributed by atoms with van der Waals surface area (Å²) < 4.78 is 7.69. The van der Waals surface area contributed by atoms with E-state index >= 15 is 0 Å². The number of quaternary nitrogens is 1. The van der Waals surface area contributed by atoms with E-state index in [1.54, 1.807) is 0 Å². The minimum atomic E-state index is 0. The Morgan fingerprint density at radius 3 is 2.64 bits per heavy atom. The van der Waals surface area contributed by atoms with Gasteiger partial charge in [-0.25, -0.2) is 0 Å². The molecule has 1 unspecified atom stereocenters. The summed E-state index contributed by atoms with van der Waals surface area (Å²) in [6.07, 6.45) is 8.47.